The summed E-state index contributed by atoms with van der Waals surface area (Å²) in [7, 11) is 1.64. The molecule has 1 atom stereocenters. The molecule has 0 aromatic heterocycles. The molecule has 1 aromatic carbocycles. The first kappa shape index (κ1) is 14.8. The molecule has 4 heteroatoms. The van der Waals surface area contributed by atoms with Crippen molar-refractivity contribution in [2.75, 3.05) is 13.0 Å². The smallest absolute Gasteiger partial charge is 0.238 e. The number of hydrogen-bond donors (Lipinski definition) is 0. The number of ether oxygens (including phenoxy) is 1. The molecule has 0 aliphatic carbocycles. The van der Waals surface area contributed by atoms with Crippen molar-refractivity contribution in [3.05, 3.63) is 29.8 Å². The minimum Gasteiger partial charge on any atom is -0.497 e. The highest BCUT2D eigenvalue weighted by Gasteiger charge is 2.18. The number of carbonyl (C=O) groups excluding carboxylic acids is 1. The van der Waals surface area contributed by atoms with Gasteiger partial charge in [-0.1, -0.05) is 19.1 Å². The van der Waals surface area contributed by atoms with Crippen molar-refractivity contribution in [2.24, 2.45) is 0 Å². The maximum atomic E-state index is 11.8. The molecule has 0 saturated carbocycles. The molecule has 0 aliphatic rings. The van der Waals surface area contributed by atoms with Gasteiger partial charge in [-0.3, -0.25) is 4.79 Å². The van der Waals surface area contributed by atoms with Gasteiger partial charge in [-0.2, -0.15) is 0 Å². The van der Waals surface area contributed by atoms with Crippen LogP contribution in [0.3, 0.4) is 0 Å². The van der Waals surface area contributed by atoms with E-state index >= 15 is 0 Å². The van der Waals surface area contributed by atoms with Crippen molar-refractivity contribution < 1.29 is 9.53 Å². The van der Waals surface area contributed by atoms with E-state index in [0.29, 0.717) is 6.54 Å². The second-order valence-corrected chi connectivity index (χ2v) is 4.53. The molecule has 1 aromatic rings. The average Bonchev–Trinajstić information content (AvgIpc) is 2.43. The van der Waals surface area contributed by atoms with Crippen molar-refractivity contribution in [3.8, 4) is 5.75 Å². The summed E-state index contributed by atoms with van der Waals surface area (Å²) in [5.74, 6) is 0.819. The fourth-order valence-electron chi connectivity index (χ4n) is 1.71. The number of amides is 1. The summed E-state index contributed by atoms with van der Waals surface area (Å²) in [6, 6.07) is 7.93. The molecule has 0 bridgehead atoms. The zero-order valence-electron chi connectivity index (χ0n) is 11.1. The summed E-state index contributed by atoms with van der Waals surface area (Å²) in [6.45, 7) is 4.69. The van der Waals surface area contributed by atoms with Crippen molar-refractivity contribution in [2.45, 2.75) is 32.9 Å². The van der Waals surface area contributed by atoms with Gasteiger partial charge in [0.1, 0.15) is 11.6 Å². The minimum atomic E-state index is -0.0261. The van der Waals surface area contributed by atoms with Gasteiger partial charge in [0.05, 0.1) is 7.11 Å². The Balaban J connectivity index is 2.78. The van der Waals surface area contributed by atoms with Crippen LogP contribution in [0.15, 0.2) is 24.3 Å². The quantitative estimate of drug-likeness (QED) is 0.743. The third-order valence-electron chi connectivity index (χ3n) is 3.07. The van der Waals surface area contributed by atoms with Crippen molar-refractivity contribution >= 4 is 17.5 Å². The fourth-order valence-corrected chi connectivity index (χ4v) is 1.87. The molecule has 100 valence electrons. The molecule has 18 heavy (non-hydrogen) atoms. The first-order valence-electron chi connectivity index (χ1n) is 6.10. The van der Waals surface area contributed by atoms with Gasteiger partial charge in [0, 0.05) is 12.6 Å². The summed E-state index contributed by atoms with van der Waals surface area (Å²) in [4.78, 5) is 13.6. The van der Waals surface area contributed by atoms with E-state index in [2.05, 4.69) is 6.92 Å². The summed E-state index contributed by atoms with van der Waals surface area (Å²) >= 11 is 5.65. The Bertz CT molecular complexity index is 378. The molecule has 0 fully saturated rings. The highest BCUT2D eigenvalue weighted by Crippen LogP contribution is 2.15. The topological polar surface area (TPSA) is 29.5 Å². The van der Waals surface area contributed by atoms with Gasteiger partial charge in [-0.15, -0.1) is 11.6 Å². The molecule has 3 nitrogen and oxygen atoms in total. The normalized spacial score (nSPS) is 12.0. The van der Waals surface area contributed by atoms with E-state index in [1.807, 2.05) is 36.1 Å². The van der Waals surface area contributed by atoms with E-state index in [0.717, 1.165) is 17.7 Å². The number of benzene rings is 1. The van der Waals surface area contributed by atoms with Gasteiger partial charge in [0.25, 0.3) is 0 Å². The molecule has 0 N–H and O–H groups in total. The zero-order valence-corrected chi connectivity index (χ0v) is 11.9. The number of carbonyl (C=O) groups is 1. The summed E-state index contributed by atoms with van der Waals surface area (Å²) in [6.07, 6.45) is 0.915. The summed E-state index contributed by atoms with van der Waals surface area (Å²) < 4.78 is 5.11. The molecular weight excluding hydrogens is 250 g/mol. The van der Waals surface area contributed by atoms with Crippen molar-refractivity contribution in [3.63, 3.8) is 0 Å². The van der Waals surface area contributed by atoms with Crippen LogP contribution >= 0.6 is 11.6 Å². The fraction of sp³-hybridized carbons (Fsp3) is 0.500. The van der Waals surface area contributed by atoms with Crippen molar-refractivity contribution in [1.29, 1.82) is 0 Å². The van der Waals surface area contributed by atoms with Gasteiger partial charge in [0.15, 0.2) is 0 Å². The Hall–Kier alpha value is -1.22. The van der Waals surface area contributed by atoms with Crippen LogP contribution in [-0.2, 0) is 11.3 Å². The van der Waals surface area contributed by atoms with Crippen LogP contribution in [0.25, 0.3) is 0 Å². The van der Waals surface area contributed by atoms with Crippen molar-refractivity contribution in [1.82, 2.24) is 4.90 Å². The molecular formula is C14H20ClNO2. The monoisotopic (exact) mass is 269 g/mol. The largest absolute Gasteiger partial charge is 0.497 e. The predicted octanol–water partition coefficient (Wildman–Crippen LogP) is 3.06. The lowest BCUT2D eigenvalue weighted by molar-refractivity contribution is -0.131. The highest BCUT2D eigenvalue weighted by molar-refractivity contribution is 6.27. The maximum absolute atomic E-state index is 11.8. The van der Waals surface area contributed by atoms with Crippen LogP contribution in [0.4, 0.5) is 0 Å². The van der Waals surface area contributed by atoms with E-state index in [1.165, 1.54) is 0 Å². The van der Waals surface area contributed by atoms with E-state index in [-0.39, 0.29) is 17.8 Å². The molecule has 0 saturated heterocycles. The van der Waals surface area contributed by atoms with Crippen LogP contribution < -0.4 is 4.74 Å². The lowest BCUT2D eigenvalue weighted by atomic mass is 10.1. The van der Waals surface area contributed by atoms with Gasteiger partial charge in [-0.05, 0) is 31.0 Å². The SMILES string of the molecule is CCC(C)N(Cc1ccc(OC)cc1)C(=O)CCl. The molecule has 0 heterocycles. The maximum Gasteiger partial charge on any atom is 0.238 e. The van der Waals surface area contributed by atoms with E-state index in [1.54, 1.807) is 7.11 Å². The summed E-state index contributed by atoms with van der Waals surface area (Å²) in [5, 5.41) is 0. The molecule has 0 spiro atoms. The number of nitrogens with zero attached hydrogens (tertiary/aromatic N) is 1. The Labute approximate surface area is 114 Å². The first-order valence-corrected chi connectivity index (χ1v) is 6.64. The highest BCUT2D eigenvalue weighted by atomic mass is 35.5. The molecule has 1 unspecified atom stereocenters. The van der Waals surface area contributed by atoms with Gasteiger partial charge in [0.2, 0.25) is 5.91 Å². The van der Waals surface area contributed by atoms with E-state index in [9.17, 15) is 4.79 Å². The van der Waals surface area contributed by atoms with Crippen LogP contribution in [0.2, 0.25) is 0 Å². The Morgan fingerprint density at radius 2 is 2.00 bits per heavy atom. The van der Waals surface area contributed by atoms with Crippen LogP contribution in [0, 0.1) is 0 Å². The standard InChI is InChI=1S/C14H20ClNO2/c1-4-11(2)16(14(17)9-15)10-12-5-7-13(18-3)8-6-12/h5-8,11H,4,9-10H2,1-3H3. The number of rotatable bonds is 6. The third-order valence-corrected chi connectivity index (χ3v) is 3.30. The van der Waals surface area contributed by atoms with Crippen LogP contribution in [0.1, 0.15) is 25.8 Å². The second kappa shape index (κ2) is 7.27. The molecule has 1 rings (SSSR count). The van der Waals surface area contributed by atoms with Crippen LogP contribution in [0.5, 0.6) is 5.75 Å². The molecule has 1 amide bonds. The lowest BCUT2D eigenvalue weighted by Gasteiger charge is -2.28. The number of alkyl halides is 1. The number of methoxy groups -OCH3 is 1. The van der Waals surface area contributed by atoms with Gasteiger partial charge >= 0.3 is 0 Å². The minimum absolute atomic E-state index is 0.0261. The number of hydrogen-bond acceptors (Lipinski definition) is 2. The zero-order chi connectivity index (χ0) is 13.5. The Kier molecular flexibility index (Phi) is 5.99. The summed E-state index contributed by atoms with van der Waals surface area (Å²) in [5.41, 5.74) is 1.08. The lowest BCUT2D eigenvalue weighted by Crippen LogP contribution is -2.38. The Morgan fingerprint density at radius 3 is 2.44 bits per heavy atom. The first-order chi connectivity index (χ1) is 8.62. The molecule has 0 radical (unpaired) electrons. The second-order valence-electron chi connectivity index (χ2n) is 4.26. The third kappa shape index (κ3) is 3.91. The van der Waals surface area contributed by atoms with Gasteiger partial charge in [-0.25, -0.2) is 0 Å². The van der Waals surface area contributed by atoms with Gasteiger partial charge < -0.3 is 9.64 Å². The average molecular weight is 270 g/mol. The Morgan fingerprint density at radius 1 is 1.39 bits per heavy atom. The van der Waals surface area contributed by atoms with E-state index in [4.69, 9.17) is 16.3 Å². The van der Waals surface area contributed by atoms with E-state index < -0.39 is 0 Å². The molecule has 0 aliphatic heterocycles. The predicted molar refractivity (Wildman–Crippen MR) is 74.0 cm³/mol. The van der Waals surface area contributed by atoms with Crippen LogP contribution in [-0.4, -0.2) is 29.8 Å². The number of halogens is 1.